The molecule has 0 unspecified atom stereocenters. The number of rotatable bonds is 6. The summed E-state index contributed by atoms with van der Waals surface area (Å²) in [7, 11) is 1.43. The monoisotopic (exact) mass is 309 g/mol. The van der Waals surface area contributed by atoms with Gasteiger partial charge in [0.05, 0.1) is 24.6 Å². The number of nitro groups is 1. The van der Waals surface area contributed by atoms with E-state index in [4.69, 9.17) is 9.84 Å². The Bertz CT molecular complexity index is 685. The first-order chi connectivity index (χ1) is 10.0. The van der Waals surface area contributed by atoms with Crippen molar-refractivity contribution in [2.75, 3.05) is 12.4 Å². The lowest BCUT2D eigenvalue weighted by Gasteiger charge is -2.07. The standard InChI is InChI=1S/C12H11N3O5S/c1-20-7-2-3-8(10(4-7)15(18)19)13-5-11-14-9(6-21-11)12(16)17/h2-4,6,13H,5H2,1H3,(H,16,17). The Morgan fingerprint density at radius 1 is 1.57 bits per heavy atom. The molecule has 110 valence electrons. The smallest absolute Gasteiger partial charge is 0.355 e. The van der Waals surface area contributed by atoms with Crippen LogP contribution >= 0.6 is 11.3 Å². The molecule has 0 bridgehead atoms. The summed E-state index contributed by atoms with van der Waals surface area (Å²) in [6.07, 6.45) is 0. The molecule has 0 saturated heterocycles. The molecule has 2 N–H and O–H groups in total. The molecule has 1 heterocycles. The molecule has 0 aliphatic rings. The van der Waals surface area contributed by atoms with Crippen LogP contribution in [-0.2, 0) is 6.54 Å². The van der Waals surface area contributed by atoms with E-state index in [9.17, 15) is 14.9 Å². The van der Waals surface area contributed by atoms with E-state index in [2.05, 4.69) is 10.3 Å². The van der Waals surface area contributed by atoms with Gasteiger partial charge >= 0.3 is 5.97 Å². The number of carboxylic acids is 1. The first-order valence-corrected chi connectivity index (χ1v) is 6.63. The number of benzene rings is 1. The Hall–Kier alpha value is -2.68. The molecular weight excluding hydrogens is 298 g/mol. The van der Waals surface area contributed by atoms with Crippen molar-refractivity contribution in [3.05, 3.63) is 44.4 Å². The zero-order chi connectivity index (χ0) is 15.4. The van der Waals surface area contributed by atoms with Gasteiger partial charge in [0, 0.05) is 5.38 Å². The predicted molar refractivity (Wildman–Crippen MR) is 76.0 cm³/mol. The summed E-state index contributed by atoms with van der Waals surface area (Å²) in [5, 5.41) is 24.6. The first-order valence-electron chi connectivity index (χ1n) is 5.75. The fraction of sp³-hybridized carbons (Fsp3) is 0.167. The number of carbonyl (C=O) groups is 1. The third kappa shape index (κ3) is 3.45. The van der Waals surface area contributed by atoms with Gasteiger partial charge in [0.25, 0.3) is 5.69 Å². The molecule has 0 fully saturated rings. The lowest BCUT2D eigenvalue weighted by molar-refractivity contribution is -0.384. The van der Waals surface area contributed by atoms with Crippen LogP contribution in [-0.4, -0.2) is 28.1 Å². The van der Waals surface area contributed by atoms with Gasteiger partial charge in [0.15, 0.2) is 5.69 Å². The van der Waals surface area contributed by atoms with Crippen LogP contribution in [0.1, 0.15) is 15.5 Å². The Labute approximate surface area is 123 Å². The number of hydrogen-bond acceptors (Lipinski definition) is 7. The van der Waals surface area contributed by atoms with Crippen LogP contribution < -0.4 is 10.1 Å². The molecule has 9 heteroatoms. The van der Waals surface area contributed by atoms with Gasteiger partial charge in [0.2, 0.25) is 0 Å². The quantitative estimate of drug-likeness (QED) is 0.621. The van der Waals surface area contributed by atoms with Crippen LogP contribution in [0.5, 0.6) is 5.75 Å². The summed E-state index contributed by atoms with van der Waals surface area (Å²) in [5.74, 6) is -0.720. The van der Waals surface area contributed by atoms with E-state index in [0.29, 0.717) is 16.4 Å². The van der Waals surface area contributed by atoms with E-state index in [-0.39, 0.29) is 17.9 Å². The SMILES string of the molecule is COc1ccc(NCc2nc(C(=O)O)cs2)c([N+](=O)[O-])c1. The molecule has 0 saturated carbocycles. The highest BCUT2D eigenvalue weighted by Crippen LogP contribution is 2.29. The Morgan fingerprint density at radius 2 is 2.33 bits per heavy atom. The normalized spacial score (nSPS) is 10.1. The molecule has 8 nitrogen and oxygen atoms in total. The Morgan fingerprint density at radius 3 is 2.90 bits per heavy atom. The van der Waals surface area contributed by atoms with Crippen molar-refractivity contribution >= 4 is 28.7 Å². The molecule has 0 spiro atoms. The number of nitrogens with one attached hydrogen (secondary N) is 1. The summed E-state index contributed by atoms with van der Waals surface area (Å²) in [6.45, 7) is 0.200. The maximum Gasteiger partial charge on any atom is 0.355 e. The van der Waals surface area contributed by atoms with E-state index in [1.807, 2.05) is 0 Å². The number of nitro benzene ring substituents is 1. The Balaban J connectivity index is 2.15. The van der Waals surface area contributed by atoms with Crippen molar-refractivity contribution < 1.29 is 19.6 Å². The zero-order valence-electron chi connectivity index (χ0n) is 10.9. The van der Waals surface area contributed by atoms with E-state index < -0.39 is 10.9 Å². The lowest BCUT2D eigenvalue weighted by atomic mass is 10.2. The number of methoxy groups -OCH3 is 1. The Kier molecular flexibility index (Phi) is 4.33. The third-order valence-electron chi connectivity index (χ3n) is 2.60. The van der Waals surface area contributed by atoms with Crippen molar-refractivity contribution in [3.63, 3.8) is 0 Å². The van der Waals surface area contributed by atoms with Crippen LogP contribution in [0.15, 0.2) is 23.6 Å². The van der Waals surface area contributed by atoms with Gasteiger partial charge in [-0.15, -0.1) is 11.3 Å². The minimum Gasteiger partial charge on any atom is -0.496 e. The van der Waals surface area contributed by atoms with Crippen molar-refractivity contribution in [2.24, 2.45) is 0 Å². The van der Waals surface area contributed by atoms with Gasteiger partial charge in [-0.2, -0.15) is 0 Å². The molecule has 0 aliphatic heterocycles. The lowest BCUT2D eigenvalue weighted by Crippen LogP contribution is -2.04. The minimum atomic E-state index is -1.10. The van der Waals surface area contributed by atoms with Crippen LogP contribution in [0.4, 0.5) is 11.4 Å². The number of aromatic nitrogens is 1. The van der Waals surface area contributed by atoms with E-state index in [1.165, 1.54) is 36.0 Å². The number of hydrogen-bond donors (Lipinski definition) is 2. The molecule has 1 aromatic heterocycles. The molecule has 2 rings (SSSR count). The second kappa shape index (κ2) is 6.18. The highest BCUT2D eigenvalue weighted by molar-refractivity contribution is 7.09. The second-order valence-electron chi connectivity index (χ2n) is 3.93. The number of aromatic carboxylic acids is 1. The number of ether oxygens (including phenoxy) is 1. The van der Waals surface area contributed by atoms with E-state index in [0.717, 1.165) is 0 Å². The van der Waals surface area contributed by atoms with Crippen molar-refractivity contribution in [2.45, 2.75) is 6.54 Å². The summed E-state index contributed by atoms with van der Waals surface area (Å²) >= 11 is 1.17. The molecule has 1 aromatic carbocycles. The number of carboxylic acid groups (broad SMARTS) is 1. The molecule has 21 heavy (non-hydrogen) atoms. The average Bonchev–Trinajstić information content (AvgIpc) is 2.94. The van der Waals surface area contributed by atoms with E-state index in [1.54, 1.807) is 6.07 Å². The van der Waals surface area contributed by atoms with Crippen molar-refractivity contribution in [3.8, 4) is 5.75 Å². The molecular formula is C12H11N3O5S. The highest BCUT2D eigenvalue weighted by Gasteiger charge is 2.16. The fourth-order valence-electron chi connectivity index (χ4n) is 1.60. The molecule has 0 atom stereocenters. The van der Waals surface area contributed by atoms with Gasteiger partial charge in [0.1, 0.15) is 16.4 Å². The van der Waals surface area contributed by atoms with Gasteiger partial charge in [-0.1, -0.05) is 0 Å². The molecule has 2 aromatic rings. The summed E-state index contributed by atoms with van der Waals surface area (Å²) in [4.78, 5) is 25.1. The first kappa shape index (κ1) is 14.7. The van der Waals surface area contributed by atoms with Gasteiger partial charge < -0.3 is 15.2 Å². The van der Waals surface area contributed by atoms with Crippen molar-refractivity contribution in [1.82, 2.24) is 4.98 Å². The average molecular weight is 309 g/mol. The van der Waals surface area contributed by atoms with E-state index >= 15 is 0 Å². The second-order valence-corrected chi connectivity index (χ2v) is 4.87. The van der Waals surface area contributed by atoms with Crippen LogP contribution in [0.2, 0.25) is 0 Å². The maximum atomic E-state index is 11.0. The summed E-state index contributed by atoms with van der Waals surface area (Å²) in [6, 6.07) is 4.44. The fourth-order valence-corrected chi connectivity index (χ4v) is 2.31. The van der Waals surface area contributed by atoms with Gasteiger partial charge in [-0.3, -0.25) is 10.1 Å². The van der Waals surface area contributed by atoms with Gasteiger partial charge in [-0.05, 0) is 12.1 Å². The summed E-state index contributed by atoms with van der Waals surface area (Å²) in [5.41, 5.74) is 0.151. The highest BCUT2D eigenvalue weighted by atomic mass is 32.1. The molecule has 0 amide bonds. The van der Waals surface area contributed by atoms with Crippen LogP contribution in [0, 0.1) is 10.1 Å². The van der Waals surface area contributed by atoms with Gasteiger partial charge in [-0.25, -0.2) is 9.78 Å². The minimum absolute atomic E-state index is 0.0407. The predicted octanol–water partition coefficient (Wildman–Crippen LogP) is 2.37. The number of nitrogens with zero attached hydrogens (tertiary/aromatic N) is 2. The number of thiazole rings is 1. The summed E-state index contributed by atoms with van der Waals surface area (Å²) < 4.78 is 4.94. The molecule has 0 aliphatic carbocycles. The van der Waals surface area contributed by atoms with Crippen molar-refractivity contribution in [1.29, 1.82) is 0 Å². The van der Waals surface area contributed by atoms with Crippen LogP contribution in [0.3, 0.4) is 0 Å². The largest absolute Gasteiger partial charge is 0.496 e. The number of anilines is 1. The topological polar surface area (TPSA) is 115 Å². The van der Waals surface area contributed by atoms with Crippen LogP contribution in [0.25, 0.3) is 0 Å². The molecule has 0 radical (unpaired) electrons. The maximum absolute atomic E-state index is 11.0. The zero-order valence-corrected chi connectivity index (χ0v) is 11.7. The third-order valence-corrected chi connectivity index (χ3v) is 3.45.